The number of ketones is 1. The predicted molar refractivity (Wildman–Crippen MR) is 89.4 cm³/mol. The molecule has 0 bridgehead atoms. The van der Waals surface area contributed by atoms with Gasteiger partial charge in [0.1, 0.15) is 10.6 Å². The average molecular weight is 347 g/mol. The number of carbonyl (C=O) groups excluding carboxylic acids is 3. The number of hydrogen-bond donors (Lipinski definition) is 1. The Kier molecular flexibility index (Phi) is 6.08. The molecule has 2 aromatic rings. The zero-order valence-electron chi connectivity index (χ0n) is 13.3. The molecule has 2 rings (SSSR count). The van der Waals surface area contributed by atoms with Gasteiger partial charge < -0.3 is 14.8 Å². The van der Waals surface area contributed by atoms with Gasteiger partial charge in [0.05, 0.1) is 12.0 Å². The molecule has 24 heavy (non-hydrogen) atoms. The summed E-state index contributed by atoms with van der Waals surface area (Å²) >= 11 is 1.05. The third kappa shape index (κ3) is 4.92. The van der Waals surface area contributed by atoms with Crippen LogP contribution in [-0.2, 0) is 16.1 Å². The van der Waals surface area contributed by atoms with Crippen LogP contribution in [0.4, 0.5) is 0 Å². The normalized spacial score (nSPS) is 10.1. The maximum atomic E-state index is 11.8. The van der Waals surface area contributed by atoms with Gasteiger partial charge in [0.2, 0.25) is 0 Å². The largest absolute Gasteiger partial charge is 0.497 e. The van der Waals surface area contributed by atoms with E-state index in [1.807, 2.05) is 18.2 Å². The van der Waals surface area contributed by atoms with Crippen molar-refractivity contribution < 1.29 is 23.9 Å². The molecule has 1 aromatic carbocycles. The maximum Gasteiger partial charge on any atom is 0.348 e. The third-order valence-corrected chi connectivity index (χ3v) is 4.28. The summed E-state index contributed by atoms with van der Waals surface area (Å²) in [6.45, 7) is 1.35. The highest BCUT2D eigenvalue weighted by Gasteiger charge is 2.14. The molecule has 126 valence electrons. The number of amides is 1. The first-order chi connectivity index (χ1) is 11.5. The zero-order chi connectivity index (χ0) is 17.5. The van der Waals surface area contributed by atoms with E-state index in [4.69, 9.17) is 9.47 Å². The van der Waals surface area contributed by atoms with E-state index < -0.39 is 11.9 Å². The lowest BCUT2D eigenvalue weighted by molar-refractivity contribution is -0.124. The van der Waals surface area contributed by atoms with E-state index in [2.05, 4.69) is 5.32 Å². The van der Waals surface area contributed by atoms with Crippen molar-refractivity contribution >= 4 is 29.0 Å². The first-order valence-corrected chi connectivity index (χ1v) is 7.99. The second kappa shape index (κ2) is 8.26. The number of benzene rings is 1. The Hall–Kier alpha value is -2.67. The number of hydrogen-bond acceptors (Lipinski definition) is 6. The molecule has 0 saturated heterocycles. The molecule has 0 spiro atoms. The number of methoxy groups -OCH3 is 1. The Morgan fingerprint density at radius 3 is 2.54 bits per heavy atom. The molecule has 1 amide bonds. The van der Waals surface area contributed by atoms with Gasteiger partial charge in [-0.15, -0.1) is 11.3 Å². The van der Waals surface area contributed by atoms with E-state index in [0.717, 1.165) is 16.9 Å². The number of thiophene rings is 1. The molecule has 0 saturated carbocycles. The van der Waals surface area contributed by atoms with Crippen LogP contribution in [0.2, 0.25) is 0 Å². The molecule has 7 heteroatoms. The summed E-state index contributed by atoms with van der Waals surface area (Å²) < 4.78 is 10.0. The summed E-state index contributed by atoms with van der Waals surface area (Å²) in [4.78, 5) is 35.5. The molecule has 0 aliphatic heterocycles. The van der Waals surface area contributed by atoms with Crippen molar-refractivity contribution in [2.75, 3.05) is 13.7 Å². The first-order valence-electron chi connectivity index (χ1n) is 7.17. The van der Waals surface area contributed by atoms with E-state index in [-0.39, 0.29) is 12.4 Å². The van der Waals surface area contributed by atoms with E-state index in [1.54, 1.807) is 19.2 Å². The Balaban J connectivity index is 1.79. The highest BCUT2D eigenvalue weighted by Crippen LogP contribution is 2.17. The van der Waals surface area contributed by atoms with E-state index in [0.29, 0.717) is 22.0 Å². The molecule has 0 aliphatic rings. The summed E-state index contributed by atoms with van der Waals surface area (Å²) in [5.41, 5.74) is 0.874. The van der Waals surface area contributed by atoms with Crippen LogP contribution < -0.4 is 10.1 Å². The number of carbonyl (C=O) groups is 3. The van der Waals surface area contributed by atoms with E-state index >= 15 is 0 Å². The van der Waals surface area contributed by atoms with Gasteiger partial charge in [-0.25, -0.2) is 4.79 Å². The van der Waals surface area contributed by atoms with Crippen molar-refractivity contribution in [3.8, 4) is 5.75 Å². The molecule has 0 unspecified atom stereocenters. The molecule has 0 aliphatic carbocycles. The third-order valence-electron chi connectivity index (χ3n) is 3.11. The van der Waals surface area contributed by atoms with Crippen molar-refractivity contribution in [3.05, 3.63) is 51.7 Å². The molecule has 0 atom stereocenters. The standard InChI is InChI=1S/C17H17NO5S/c1-11(19)14-6-7-15(24-14)17(21)23-10-16(20)18-9-12-4-3-5-13(8-12)22-2/h3-8H,9-10H2,1-2H3,(H,18,20). The van der Waals surface area contributed by atoms with Crippen molar-refractivity contribution in [2.45, 2.75) is 13.5 Å². The number of ether oxygens (including phenoxy) is 2. The Bertz CT molecular complexity index is 753. The molecule has 1 aromatic heterocycles. The lowest BCUT2D eigenvalue weighted by atomic mass is 10.2. The van der Waals surface area contributed by atoms with Crippen molar-refractivity contribution in [1.29, 1.82) is 0 Å². The monoisotopic (exact) mass is 347 g/mol. The van der Waals surface area contributed by atoms with Crippen LogP contribution in [0, 0.1) is 0 Å². The van der Waals surface area contributed by atoms with Gasteiger partial charge in [0.25, 0.3) is 5.91 Å². The summed E-state index contributed by atoms with van der Waals surface area (Å²) in [6, 6.07) is 10.4. The Morgan fingerprint density at radius 2 is 1.88 bits per heavy atom. The van der Waals surface area contributed by atoms with Gasteiger partial charge in [-0.05, 0) is 36.8 Å². The second-order valence-electron chi connectivity index (χ2n) is 4.92. The molecular weight excluding hydrogens is 330 g/mol. The molecular formula is C17H17NO5S. The van der Waals surface area contributed by atoms with Crippen LogP contribution in [0.5, 0.6) is 5.75 Å². The smallest absolute Gasteiger partial charge is 0.348 e. The van der Waals surface area contributed by atoms with Gasteiger partial charge >= 0.3 is 5.97 Å². The minimum Gasteiger partial charge on any atom is -0.497 e. The topological polar surface area (TPSA) is 81.7 Å². The minimum absolute atomic E-state index is 0.116. The predicted octanol–water partition coefficient (Wildman–Crippen LogP) is 2.43. The van der Waals surface area contributed by atoms with Gasteiger partial charge in [0, 0.05) is 6.54 Å². The summed E-state index contributed by atoms with van der Waals surface area (Å²) in [6.07, 6.45) is 0. The average Bonchev–Trinajstić information content (AvgIpc) is 3.08. The fourth-order valence-electron chi connectivity index (χ4n) is 1.87. The quantitative estimate of drug-likeness (QED) is 0.614. The lowest BCUT2D eigenvalue weighted by Gasteiger charge is -2.07. The minimum atomic E-state index is -0.621. The second-order valence-corrected chi connectivity index (χ2v) is 6.01. The fourth-order valence-corrected chi connectivity index (χ4v) is 2.67. The summed E-state index contributed by atoms with van der Waals surface area (Å²) in [7, 11) is 1.57. The van der Waals surface area contributed by atoms with Crippen LogP contribution in [0.25, 0.3) is 0 Å². The number of rotatable bonds is 7. The van der Waals surface area contributed by atoms with E-state index in [1.165, 1.54) is 13.0 Å². The fraction of sp³-hybridized carbons (Fsp3) is 0.235. The van der Waals surface area contributed by atoms with Gasteiger partial charge in [-0.2, -0.15) is 0 Å². The van der Waals surface area contributed by atoms with Crippen LogP contribution in [-0.4, -0.2) is 31.4 Å². The lowest BCUT2D eigenvalue weighted by Crippen LogP contribution is -2.28. The molecule has 0 fully saturated rings. The number of nitrogens with one attached hydrogen (secondary N) is 1. The maximum absolute atomic E-state index is 11.8. The summed E-state index contributed by atoms with van der Waals surface area (Å²) in [5.74, 6) is -0.444. The van der Waals surface area contributed by atoms with Crippen LogP contribution in [0.1, 0.15) is 31.8 Å². The zero-order valence-corrected chi connectivity index (χ0v) is 14.1. The van der Waals surface area contributed by atoms with Gasteiger partial charge in [-0.3, -0.25) is 9.59 Å². The number of esters is 1. The highest BCUT2D eigenvalue weighted by atomic mass is 32.1. The van der Waals surface area contributed by atoms with Gasteiger partial charge in [-0.1, -0.05) is 12.1 Å². The molecule has 1 N–H and O–H groups in total. The van der Waals surface area contributed by atoms with Crippen molar-refractivity contribution in [3.63, 3.8) is 0 Å². The van der Waals surface area contributed by atoms with Crippen LogP contribution in [0.15, 0.2) is 36.4 Å². The van der Waals surface area contributed by atoms with Crippen molar-refractivity contribution in [1.82, 2.24) is 5.32 Å². The Labute approximate surface area is 143 Å². The SMILES string of the molecule is COc1cccc(CNC(=O)COC(=O)c2ccc(C(C)=O)s2)c1. The van der Waals surface area contributed by atoms with Crippen molar-refractivity contribution in [2.24, 2.45) is 0 Å². The molecule has 6 nitrogen and oxygen atoms in total. The molecule has 0 radical (unpaired) electrons. The van der Waals surface area contributed by atoms with Crippen LogP contribution >= 0.6 is 11.3 Å². The Morgan fingerprint density at radius 1 is 1.12 bits per heavy atom. The molecule has 1 heterocycles. The first kappa shape index (κ1) is 17.7. The highest BCUT2D eigenvalue weighted by molar-refractivity contribution is 7.15. The number of Topliss-reactive ketones (excluding diaryl/α,β-unsaturated/α-hetero) is 1. The van der Waals surface area contributed by atoms with Gasteiger partial charge in [0.15, 0.2) is 12.4 Å². The summed E-state index contributed by atoms with van der Waals surface area (Å²) in [5, 5.41) is 2.66. The van der Waals surface area contributed by atoms with E-state index in [9.17, 15) is 14.4 Å². The van der Waals surface area contributed by atoms with Crippen LogP contribution in [0.3, 0.4) is 0 Å².